The van der Waals surface area contributed by atoms with Crippen molar-refractivity contribution in [3.8, 4) is 11.8 Å². The quantitative estimate of drug-likeness (QED) is 0.761. The van der Waals surface area contributed by atoms with Gasteiger partial charge in [-0.25, -0.2) is 4.79 Å². The predicted octanol–water partition coefficient (Wildman–Crippen LogP) is 3.80. The molecule has 0 saturated carbocycles. The third kappa shape index (κ3) is 4.86. The molecule has 4 heteroatoms. The largest absolute Gasteiger partial charge is 0.482 e. The van der Waals surface area contributed by atoms with Crippen molar-refractivity contribution in [3.05, 3.63) is 65.2 Å². The van der Waals surface area contributed by atoms with E-state index in [9.17, 15) is 4.79 Å². The summed E-state index contributed by atoms with van der Waals surface area (Å²) in [6.07, 6.45) is 0. The van der Waals surface area contributed by atoms with Gasteiger partial charge in [-0.15, -0.1) is 0 Å². The van der Waals surface area contributed by atoms with Gasteiger partial charge in [-0.3, -0.25) is 0 Å². The molecular formula is C19H19NO3. The molecule has 4 nitrogen and oxygen atoms in total. The van der Waals surface area contributed by atoms with E-state index in [1.165, 1.54) is 5.56 Å². The average molecular weight is 309 g/mol. The second-order valence-corrected chi connectivity index (χ2v) is 5.44. The molecule has 0 bridgehead atoms. The van der Waals surface area contributed by atoms with Crippen LogP contribution in [0.5, 0.6) is 5.75 Å². The number of hydrogen-bond donors (Lipinski definition) is 0. The van der Waals surface area contributed by atoms with Crippen molar-refractivity contribution in [2.75, 3.05) is 6.61 Å². The first kappa shape index (κ1) is 16.6. The molecule has 23 heavy (non-hydrogen) atoms. The Morgan fingerprint density at radius 3 is 2.48 bits per heavy atom. The molecular weight excluding hydrogens is 290 g/mol. The first-order valence-electron chi connectivity index (χ1n) is 7.46. The van der Waals surface area contributed by atoms with Crippen LogP contribution in [0.15, 0.2) is 48.5 Å². The summed E-state index contributed by atoms with van der Waals surface area (Å²) in [7, 11) is 0. The van der Waals surface area contributed by atoms with Crippen LogP contribution in [0.25, 0.3) is 0 Å². The third-order valence-electron chi connectivity index (χ3n) is 3.43. The summed E-state index contributed by atoms with van der Waals surface area (Å²) in [4.78, 5) is 11.7. The number of carbonyl (C=O) groups is 1. The van der Waals surface area contributed by atoms with E-state index < -0.39 is 5.97 Å². The Balaban J connectivity index is 1.82. The Kier molecular flexibility index (Phi) is 5.76. The molecule has 0 aromatic heterocycles. The van der Waals surface area contributed by atoms with Crippen LogP contribution < -0.4 is 4.74 Å². The zero-order chi connectivity index (χ0) is 16.7. The highest BCUT2D eigenvalue weighted by atomic mass is 16.6. The monoisotopic (exact) mass is 309 g/mol. The normalized spacial score (nSPS) is 10.2. The van der Waals surface area contributed by atoms with Crippen molar-refractivity contribution in [3.63, 3.8) is 0 Å². The summed E-state index contributed by atoms with van der Waals surface area (Å²) >= 11 is 0. The topological polar surface area (TPSA) is 59.3 Å². The van der Waals surface area contributed by atoms with E-state index in [4.69, 9.17) is 14.7 Å². The molecule has 2 aromatic carbocycles. The highest BCUT2D eigenvalue weighted by Gasteiger charge is 2.08. The molecule has 0 aliphatic carbocycles. The molecule has 0 atom stereocenters. The molecule has 118 valence electrons. The first-order chi connectivity index (χ1) is 11.1. The third-order valence-corrected chi connectivity index (χ3v) is 3.43. The molecule has 0 heterocycles. The van der Waals surface area contributed by atoms with Gasteiger partial charge in [0.15, 0.2) is 6.61 Å². The van der Waals surface area contributed by atoms with Gasteiger partial charge in [-0.2, -0.15) is 5.26 Å². The fraction of sp³-hybridized carbons (Fsp3) is 0.263. The second kappa shape index (κ2) is 8.00. The first-order valence-corrected chi connectivity index (χ1v) is 7.46. The fourth-order valence-corrected chi connectivity index (χ4v) is 2.05. The lowest BCUT2D eigenvalue weighted by Gasteiger charge is -2.09. The van der Waals surface area contributed by atoms with Gasteiger partial charge >= 0.3 is 5.97 Å². The van der Waals surface area contributed by atoms with Crippen molar-refractivity contribution in [2.45, 2.75) is 26.4 Å². The van der Waals surface area contributed by atoms with E-state index in [0.29, 0.717) is 22.8 Å². The van der Waals surface area contributed by atoms with Gasteiger partial charge in [-0.05, 0) is 29.7 Å². The Morgan fingerprint density at radius 1 is 1.13 bits per heavy atom. The van der Waals surface area contributed by atoms with Gasteiger partial charge in [0.05, 0.1) is 11.6 Å². The second-order valence-electron chi connectivity index (χ2n) is 5.44. The molecule has 2 rings (SSSR count). The van der Waals surface area contributed by atoms with Gasteiger partial charge in [0.2, 0.25) is 0 Å². The SMILES string of the molecule is CC(C)c1ccc(OCC(=O)OCc2ccccc2C#N)cc1. The Morgan fingerprint density at radius 2 is 1.83 bits per heavy atom. The summed E-state index contributed by atoms with van der Waals surface area (Å²) in [5.41, 5.74) is 2.41. The van der Waals surface area contributed by atoms with Crippen LogP contribution in [0.1, 0.15) is 36.5 Å². The molecule has 0 fully saturated rings. The van der Waals surface area contributed by atoms with Crippen LogP contribution >= 0.6 is 0 Å². The minimum absolute atomic E-state index is 0.0677. The van der Waals surface area contributed by atoms with E-state index in [1.54, 1.807) is 24.3 Å². The summed E-state index contributed by atoms with van der Waals surface area (Å²) in [6, 6.07) is 16.7. The zero-order valence-electron chi connectivity index (χ0n) is 13.3. The fourth-order valence-electron chi connectivity index (χ4n) is 2.05. The maximum atomic E-state index is 11.7. The average Bonchev–Trinajstić information content (AvgIpc) is 2.58. The van der Waals surface area contributed by atoms with Crippen LogP contribution in [0, 0.1) is 11.3 Å². The maximum Gasteiger partial charge on any atom is 0.344 e. The number of ether oxygens (including phenoxy) is 2. The number of rotatable bonds is 6. The van der Waals surface area contributed by atoms with Gasteiger partial charge in [-0.1, -0.05) is 44.2 Å². The number of carbonyl (C=O) groups excluding carboxylic acids is 1. The van der Waals surface area contributed by atoms with Crippen LogP contribution in [0.4, 0.5) is 0 Å². The van der Waals surface area contributed by atoms with E-state index in [2.05, 4.69) is 19.9 Å². The minimum Gasteiger partial charge on any atom is -0.482 e. The van der Waals surface area contributed by atoms with Crippen molar-refractivity contribution in [1.82, 2.24) is 0 Å². The Labute approximate surface area is 136 Å². The predicted molar refractivity (Wildman–Crippen MR) is 87.0 cm³/mol. The number of hydrogen-bond acceptors (Lipinski definition) is 4. The van der Waals surface area contributed by atoms with E-state index in [-0.39, 0.29) is 13.2 Å². The van der Waals surface area contributed by atoms with Crippen LogP contribution in [-0.2, 0) is 16.1 Å². The van der Waals surface area contributed by atoms with Gasteiger partial charge in [0.1, 0.15) is 12.4 Å². The summed E-state index contributed by atoms with van der Waals surface area (Å²) in [5, 5.41) is 8.98. The summed E-state index contributed by atoms with van der Waals surface area (Å²) in [5.74, 6) is 0.615. The summed E-state index contributed by atoms with van der Waals surface area (Å²) < 4.78 is 10.5. The van der Waals surface area contributed by atoms with Crippen molar-refractivity contribution in [1.29, 1.82) is 5.26 Å². The van der Waals surface area contributed by atoms with Crippen molar-refractivity contribution in [2.24, 2.45) is 0 Å². The van der Waals surface area contributed by atoms with Crippen LogP contribution in [0.2, 0.25) is 0 Å². The number of nitriles is 1. The highest BCUT2D eigenvalue weighted by molar-refractivity contribution is 5.71. The molecule has 0 amide bonds. The number of nitrogens with zero attached hydrogens (tertiary/aromatic N) is 1. The molecule has 0 radical (unpaired) electrons. The molecule has 0 aliphatic rings. The van der Waals surface area contributed by atoms with Crippen LogP contribution in [-0.4, -0.2) is 12.6 Å². The summed E-state index contributed by atoms with van der Waals surface area (Å²) in [6.45, 7) is 4.15. The smallest absolute Gasteiger partial charge is 0.344 e. The lowest BCUT2D eigenvalue weighted by molar-refractivity contribution is -0.147. The lowest BCUT2D eigenvalue weighted by atomic mass is 10.0. The molecule has 0 unspecified atom stereocenters. The van der Waals surface area contributed by atoms with Crippen molar-refractivity contribution >= 4 is 5.97 Å². The number of esters is 1. The molecule has 0 spiro atoms. The van der Waals surface area contributed by atoms with E-state index >= 15 is 0 Å². The van der Waals surface area contributed by atoms with Gasteiger partial charge < -0.3 is 9.47 Å². The lowest BCUT2D eigenvalue weighted by Crippen LogP contribution is -2.15. The minimum atomic E-state index is -0.467. The molecule has 2 aromatic rings. The zero-order valence-corrected chi connectivity index (χ0v) is 13.3. The van der Waals surface area contributed by atoms with E-state index in [1.807, 2.05) is 24.3 Å². The van der Waals surface area contributed by atoms with Crippen molar-refractivity contribution < 1.29 is 14.3 Å². The van der Waals surface area contributed by atoms with Gasteiger partial charge in [0, 0.05) is 5.56 Å². The molecule has 0 aliphatic heterocycles. The van der Waals surface area contributed by atoms with Gasteiger partial charge in [0.25, 0.3) is 0 Å². The van der Waals surface area contributed by atoms with E-state index in [0.717, 1.165) is 0 Å². The Bertz CT molecular complexity index is 699. The Hall–Kier alpha value is -2.80. The maximum absolute atomic E-state index is 11.7. The number of benzene rings is 2. The van der Waals surface area contributed by atoms with Crippen LogP contribution in [0.3, 0.4) is 0 Å². The molecule has 0 N–H and O–H groups in total. The standard InChI is InChI=1S/C19H19NO3/c1-14(2)15-7-9-18(10-8-15)22-13-19(21)23-12-17-6-4-3-5-16(17)11-20/h3-10,14H,12-13H2,1-2H3. The highest BCUT2D eigenvalue weighted by Crippen LogP contribution is 2.18. The molecule has 0 saturated heterocycles.